The normalized spacial score (nSPS) is 29.6. The van der Waals surface area contributed by atoms with E-state index in [1.54, 1.807) is 12.1 Å². The van der Waals surface area contributed by atoms with Gasteiger partial charge in [-0.1, -0.05) is 12.5 Å². The Hall–Kier alpha value is -2.11. The lowest BCUT2D eigenvalue weighted by molar-refractivity contribution is -0.139. The lowest BCUT2D eigenvalue weighted by Gasteiger charge is -2.36. The maximum absolute atomic E-state index is 13.2. The zero-order valence-corrected chi connectivity index (χ0v) is 15.6. The van der Waals surface area contributed by atoms with Crippen LogP contribution in [0.2, 0.25) is 0 Å². The van der Waals surface area contributed by atoms with Gasteiger partial charge in [-0.05, 0) is 68.1 Å². The molecule has 1 aromatic carbocycles. The standard InChI is InChI=1S/C21H28FN3O2/c22-17-4-1-5-18(11-17)24-21(27)23-12-15-3-2-8-25(13-15)20(26)19-10-14-6-7-16(19)9-14/h1,4-5,11,14-16,19H,2-3,6-10,12-13H2,(H2,23,24,27)/t14-,15-,16-,19+/m0/s1. The van der Waals surface area contributed by atoms with Crippen LogP contribution in [0.4, 0.5) is 14.9 Å². The molecule has 0 unspecified atom stereocenters. The molecule has 0 spiro atoms. The average Bonchev–Trinajstić information content (AvgIpc) is 3.29. The first-order valence-corrected chi connectivity index (χ1v) is 10.2. The number of hydrogen-bond donors (Lipinski definition) is 2. The molecule has 1 saturated heterocycles. The Bertz CT molecular complexity index is 710. The zero-order chi connectivity index (χ0) is 18.8. The van der Waals surface area contributed by atoms with Gasteiger partial charge in [-0.15, -0.1) is 0 Å². The molecule has 1 aliphatic heterocycles. The van der Waals surface area contributed by atoms with Crippen LogP contribution in [-0.2, 0) is 4.79 Å². The predicted molar refractivity (Wildman–Crippen MR) is 102 cm³/mol. The van der Waals surface area contributed by atoms with Crippen molar-refractivity contribution in [3.63, 3.8) is 0 Å². The fourth-order valence-corrected chi connectivity index (χ4v) is 5.19. The van der Waals surface area contributed by atoms with E-state index in [9.17, 15) is 14.0 Å². The highest BCUT2D eigenvalue weighted by molar-refractivity contribution is 5.89. The van der Waals surface area contributed by atoms with Crippen molar-refractivity contribution in [3.8, 4) is 0 Å². The summed E-state index contributed by atoms with van der Waals surface area (Å²) in [5, 5.41) is 5.51. The summed E-state index contributed by atoms with van der Waals surface area (Å²) in [6, 6.07) is 5.50. The van der Waals surface area contributed by atoms with E-state index in [1.807, 2.05) is 4.90 Å². The van der Waals surface area contributed by atoms with E-state index in [0.29, 0.717) is 24.1 Å². The van der Waals surface area contributed by atoms with E-state index in [2.05, 4.69) is 10.6 Å². The third-order valence-electron chi connectivity index (χ3n) is 6.52. The van der Waals surface area contributed by atoms with Crippen LogP contribution in [-0.4, -0.2) is 36.5 Å². The number of fused-ring (bicyclic) bond motifs is 2. The molecular weight excluding hydrogens is 345 g/mol. The Labute approximate surface area is 159 Å². The largest absolute Gasteiger partial charge is 0.342 e. The van der Waals surface area contributed by atoms with Crippen LogP contribution in [0.5, 0.6) is 0 Å². The molecule has 5 nitrogen and oxygen atoms in total. The minimum atomic E-state index is -0.380. The van der Waals surface area contributed by atoms with Gasteiger partial charge < -0.3 is 15.5 Å². The molecule has 3 fully saturated rings. The summed E-state index contributed by atoms with van der Waals surface area (Å²) in [6.07, 6.45) is 6.86. The van der Waals surface area contributed by atoms with Crippen molar-refractivity contribution in [2.45, 2.75) is 38.5 Å². The van der Waals surface area contributed by atoms with Gasteiger partial charge in [-0.25, -0.2) is 9.18 Å². The number of rotatable bonds is 4. The number of anilines is 1. The molecule has 146 valence electrons. The summed E-state index contributed by atoms with van der Waals surface area (Å²) < 4.78 is 13.2. The van der Waals surface area contributed by atoms with Crippen molar-refractivity contribution in [1.82, 2.24) is 10.2 Å². The molecule has 4 rings (SSSR count). The molecule has 3 amide bonds. The lowest BCUT2D eigenvalue weighted by atomic mass is 9.86. The number of nitrogens with one attached hydrogen (secondary N) is 2. The van der Waals surface area contributed by atoms with E-state index in [4.69, 9.17) is 0 Å². The Balaban J connectivity index is 1.25. The Morgan fingerprint density at radius 3 is 2.81 bits per heavy atom. The summed E-state index contributed by atoms with van der Waals surface area (Å²) in [5.41, 5.74) is 0.434. The summed E-state index contributed by atoms with van der Waals surface area (Å²) in [5.74, 6) is 1.87. The maximum Gasteiger partial charge on any atom is 0.319 e. The van der Waals surface area contributed by atoms with Gasteiger partial charge in [0.05, 0.1) is 0 Å². The highest BCUT2D eigenvalue weighted by atomic mass is 19.1. The number of carbonyl (C=O) groups excluding carboxylic acids is 2. The second-order valence-corrected chi connectivity index (χ2v) is 8.42. The molecule has 27 heavy (non-hydrogen) atoms. The molecule has 1 aromatic rings. The fourth-order valence-electron chi connectivity index (χ4n) is 5.19. The van der Waals surface area contributed by atoms with Gasteiger partial charge in [0.15, 0.2) is 0 Å². The number of halogens is 1. The smallest absolute Gasteiger partial charge is 0.319 e. The minimum absolute atomic E-state index is 0.242. The first-order valence-electron chi connectivity index (χ1n) is 10.2. The minimum Gasteiger partial charge on any atom is -0.342 e. The van der Waals surface area contributed by atoms with E-state index >= 15 is 0 Å². The number of nitrogens with zero attached hydrogens (tertiary/aromatic N) is 1. The van der Waals surface area contributed by atoms with Crippen molar-refractivity contribution < 1.29 is 14.0 Å². The number of piperidine rings is 1. The van der Waals surface area contributed by atoms with E-state index in [1.165, 1.54) is 31.4 Å². The van der Waals surface area contributed by atoms with Crippen LogP contribution in [0.25, 0.3) is 0 Å². The SMILES string of the molecule is O=C(NC[C@@H]1CCCN(C(=O)[C@@H]2C[C@H]3CC[C@H]2C3)C1)Nc1cccc(F)c1. The topological polar surface area (TPSA) is 61.4 Å². The number of likely N-dealkylation sites (tertiary alicyclic amines) is 1. The molecule has 4 atom stereocenters. The van der Waals surface area contributed by atoms with Crippen LogP contribution in [0.3, 0.4) is 0 Å². The molecule has 3 aliphatic rings. The molecule has 6 heteroatoms. The van der Waals surface area contributed by atoms with Crippen LogP contribution in [0, 0.1) is 29.5 Å². The van der Waals surface area contributed by atoms with E-state index < -0.39 is 0 Å². The molecule has 2 aliphatic carbocycles. The van der Waals surface area contributed by atoms with E-state index in [-0.39, 0.29) is 23.7 Å². The first-order chi connectivity index (χ1) is 13.1. The van der Waals surface area contributed by atoms with Gasteiger partial charge in [0.25, 0.3) is 0 Å². The average molecular weight is 373 g/mol. The summed E-state index contributed by atoms with van der Waals surface area (Å²) in [6.45, 7) is 2.10. The number of urea groups is 1. The van der Waals surface area contributed by atoms with Crippen LogP contribution >= 0.6 is 0 Å². The molecule has 0 aromatic heterocycles. The molecule has 2 saturated carbocycles. The Kier molecular flexibility index (Phi) is 5.32. The van der Waals surface area contributed by atoms with Crippen LogP contribution < -0.4 is 10.6 Å². The lowest BCUT2D eigenvalue weighted by Crippen LogP contribution is -2.47. The number of amides is 3. The first kappa shape index (κ1) is 18.3. The van der Waals surface area contributed by atoms with Crippen molar-refractivity contribution in [2.24, 2.45) is 23.7 Å². The number of benzene rings is 1. The van der Waals surface area contributed by atoms with Crippen molar-refractivity contribution in [3.05, 3.63) is 30.1 Å². The second-order valence-electron chi connectivity index (χ2n) is 8.42. The summed E-state index contributed by atoms with van der Waals surface area (Å²) >= 11 is 0. The molecule has 2 bridgehead atoms. The van der Waals surface area contributed by atoms with Gasteiger partial charge in [-0.2, -0.15) is 0 Å². The van der Waals surface area contributed by atoms with Gasteiger partial charge in [0.2, 0.25) is 5.91 Å². The molecule has 1 heterocycles. The van der Waals surface area contributed by atoms with Gasteiger partial charge in [0, 0.05) is 31.2 Å². The fraction of sp³-hybridized carbons (Fsp3) is 0.619. The van der Waals surface area contributed by atoms with Crippen LogP contribution in [0.15, 0.2) is 24.3 Å². The molecule has 2 N–H and O–H groups in total. The number of carbonyl (C=O) groups is 2. The van der Waals surface area contributed by atoms with Crippen molar-refractivity contribution >= 4 is 17.6 Å². The highest BCUT2D eigenvalue weighted by Gasteiger charge is 2.44. The molecule has 0 radical (unpaired) electrons. The Morgan fingerprint density at radius 2 is 2.07 bits per heavy atom. The third kappa shape index (κ3) is 4.25. The predicted octanol–water partition coefficient (Wildman–Crippen LogP) is 3.62. The monoisotopic (exact) mass is 373 g/mol. The summed E-state index contributed by atoms with van der Waals surface area (Å²) in [7, 11) is 0. The van der Waals surface area contributed by atoms with Gasteiger partial charge in [0.1, 0.15) is 5.82 Å². The number of hydrogen-bond acceptors (Lipinski definition) is 2. The third-order valence-corrected chi connectivity index (χ3v) is 6.52. The Morgan fingerprint density at radius 1 is 1.19 bits per heavy atom. The van der Waals surface area contributed by atoms with E-state index in [0.717, 1.165) is 38.3 Å². The van der Waals surface area contributed by atoms with Gasteiger partial charge in [-0.3, -0.25) is 4.79 Å². The zero-order valence-electron chi connectivity index (χ0n) is 15.6. The van der Waals surface area contributed by atoms with Crippen molar-refractivity contribution in [1.29, 1.82) is 0 Å². The van der Waals surface area contributed by atoms with Crippen molar-refractivity contribution in [2.75, 3.05) is 25.0 Å². The summed E-state index contributed by atoms with van der Waals surface area (Å²) in [4.78, 5) is 27.0. The van der Waals surface area contributed by atoms with Crippen LogP contribution in [0.1, 0.15) is 38.5 Å². The van der Waals surface area contributed by atoms with Gasteiger partial charge >= 0.3 is 6.03 Å². The second kappa shape index (κ2) is 7.87. The quantitative estimate of drug-likeness (QED) is 0.847. The highest BCUT2D eigenvalue weighted by Crippen LogP contribution is 2.49. The maximum atomic E-state index is 13.2. The molecular formula is C21H28FN3O2.